The Labute approximate surface area is 205 Å². The van der Waals surface area contributed by atoms with E-state index < -0.39 is 17.7 Å². The van der Waals surface area contributed by atoms with Crippen LogP contribution in [0.4, 0.5) is 4.39 Å². The molecule has 0 unspecified atom stereocenters. The summed E-state index contributed by atoms with van der Waals surface area (Å²) in [5.74, 6) is -2.10. The van der Waals surface area contributed by atoms with Crippen LogP contribution in [-0.2, 0) is 16.0 Å². The van der Waals surface area contributed by atoms with Crippen molar-refractivity contribution in [1.29, 1.82) is 0 Å². The van der Waals surface area contributed by atoms with Crippen LogP contribution in [0.15, 0.2) is 58.4 Å². The molecular weight excluding hydrogens is 467 g/mol. The third-order valence-electron chi connectivity index (χ3n) is 5.61. The highest BCUT2D eigenvalue weighted by Gasteiger charge is 2.20. The Bertz CT molecular complexity index is 1610. The number of aromatic nitrogens is 3. The van der Waals surface area contributed by atoms with Gasteiger partial charge in [-0.2, -0.15) is 4.99 Å². The van der Waals surface area contributed by atoms with Crippen LogP contribution in [0.5, 0.6) is 0 Å². The van der Waals surface area contributed by atoms with Gasteiger partial charge in [-0.15, -0.1) is 0 Å². The van der Waals surface area contributed by atoms with Crippen LogP contribution in [0.1, 0.15) is 39.6 Å². The topological polar surface area (TPSA) is 104 Å². The second-order valence-electron chi connectivity index (χ2n) is 8.07. The minimum atomic E-state index is -0.756. The Morgan fingerprint density at radius 2 is 1.94 bits per heavy atom. The number of rotatable bonds is 7. The first-order chi connectivity index (χ1) is 17.3. The summed E-state index contributed by atoms with van der Waals surface area (Å²) in [6.45, 7) is 4.16. The molecule has 10 heteroatoms. The Morgan fingerprint density at radius 3 is 2.67 bits per heavy atom. The van der Waals surface area contributed by atoms with Crippen LogP contribution in [0.25, 0.3) is 16.7 Å². The summed E-state index contributed by atoms with van der Waals surface area (Å²) < 4.78 is 27.1. The van der Waals surface area contributed by atoms with Crippen molar-refractivity contribution in [1.82, 2.24) is 14.0 Å². The van der Waals surface area contributed by atoms with Gasteiger partial charge in [0.2, 0.25) is 0 Å². The van der Waals surface area contributed by atoms with E-state index >= 15 is 0 Å². The molecule has 0 aliphatic carbocycles. The van der Waals surface area contributed by atoms with Crippen molar-refractivity contribution in [3.05, 3.63) is 87.0 Å². The fourth-order valence-electron chi connectivity index (χ4n) is 3.93. The predicted molar refractivity (Wildman–Crippen MR) is 130 cm³/mol. The minimum Gasteiger partial charge on any atom is -0.462 e. The van der Waals surface area contributed by atoms with E-state index in [0.29, 0.717) is 18.7 Å². The predicted octanol–water partition coefficient (Wildman–Crippen LogP) is 3.05. The molecule has 0 aliphatic rings. The van der Waals surface area contributed by atoms with Crippen LogP contribution in [0.2, 0.25) is 0 Å². The van der Waals surface area contributed by atoms with Crippen LogP contribution in [-0.4, -0.2) is 46.2 Å². The first kappa shape index (κ1) is 24.9. The summed E-state index contributed by atoms with van der Waals surface area (Å²) in [5.41, 5.74) is 0.979. The smallest absolute Gasteiger partial charge is 0.341 e. The van der Waals surface area contributed by atoms with E-state index in [-0.39, 0.29) is 46.4 Å². The summed E-state index contributed by atoms with van der Waals surface area (Å²) in [6.07, 6.45) is 2.08. The number of carbonyl (C=O) groups excluding carboxylic acids is 2. The third kappa shape index (κ3) is 4.80. The van der Waals surface area contributed by atoms with E-state index in [2.05, 4.69) is 4.99 Å². The van der Waals surface area contributed by atoms with Crippen molar-refractivity contribution < 1.29 is 23.5 Å². The molecule has 4 aromatic rings. The zero-order valence-corrected chi connectivity index (χ0v) is 20.2. The van der Waals surface area contributed by atoms with Crippen molar-refractivity contribution >= 4 is 28.6 Å². The molecule has 4 rings (SSSR count). The van der Waals surface area contributed by atoms with Gasteiger partial charge in [-0.05, 0) is 56.2 Å². The van der Waals surface area contributed by atoms with Crippen molar-refractivity contribution in [2.24, 2.45) is 4.99 Å². The fraction of sp³-hybridized carbons (Fsp3) is 0.269. The fourth-order valence-corrected chi connectivity index (χ4v) is 3.93. The van der Waals surface area contributed by atoms with Gasteiger partial charge < -0.3 is 14.0 Å². The number of hydrogen-bond donors (Lipinski definition) is 0. The maximum Gasteiger partial charge on any atom is 0.341 e. The van der Waals surface area contributed by atoms with E-state index in [9.17, 15) is 18.8 Å². The molecule has 3 aromatic heterocycles. The van der Waals surface area contributed by atoms with E-state index in [1.54, 1.807) is 30.9 Å². The zero-order chi connectivity index (χ0) is 25.8. The standard InChI is InChI=1S/C26H25FN4O5/c1-4-36-26(34)20-15-19-22(28-21-16(2)8-6-11-31(21)25(19)33)30(12-7-13-35-3)23(20)29-24(32)17-9-5-10-18(27)14-17/h5-6,8-11,14-15H,4,7,12-13H2,1-3H3. The molecule has 0 atom stereocenters. The molecule has 0 aliphatic heterocycles. The van der Waals surface area contributed by atoms with Crippen LogP contribution < -0.4 is 11.0 Å². The first-order valence-electron chi connectivity index (χ1n) is 11.4. The van der Waals surface area contributed by atoms with E-state index in [1.165, 1.54) is 28.7 Å². The maximum absolute atomic E-state index is 13.8. The summed E-state index contributed by atoms with van der Waals surface area (Å²) in [4.78, 5) is 48.4. The van der Waals surface area contributed by atoms with Gasteiger partial charge in [-0.25, -0.2) is 14.2 Å². The van der Waals surface area contributed by atoms with Gasteiger partial charge in [0, 0.05) is 32.0 Å². The minimum absolute atomic E-state index is 0.00994. The number of ether oxygens (including phenoxy) is 2. The van der Waals surface area contributed by atoms with E-state index in [4.69, 9.17) is 14.5 Å². The number of methoxy groups -OCH3 is 1. The first-order valence-corrected chi connectivity index (χ1v) is 11.4. The van der Waals surface area contributed by atoms with Crippen molar-refractivity contribution in [3.63, 3.8) is 0 Å². The van der Waals surface area contributed by atoms with Gasteiger partial charge >= 0.3 is 5.97 Å². The maximum atomic E-state index is 13.8. The lowest BCUT2D eigenvalue weighted by Crippen LogP contribution is -2.33. The number of carbonyl (C=O) groups is 2. The van der Waals surface area contributed by atoms with Crippen LogP contribution >= 0.6 is 0 Å². The Hall–Kier alpha value is -4.18. The summed E-state index contributed by atoms with van der Waals surface area (Å²) in [5, 5.41) is 0.163. The highest BCUT2D eigenvalue weighted by Crippen LogP contribution is 2.14. The molecule has 0 fully saturated rings. The molecule has 0 saturated heterocycles. The lowest BCUT2D eigenvalue weighted by Gasteiger charge is -2.15. The van der Waals surface area contributed by atoms with Gasteiger partial charge in [-0.3, -0.25) is 14.0 Å². The van der Waals surface area contributed by atoms with Gasteiger partial charge in [-0.1, -0.05) is 12.1 Å². The van der Waals surface area contributed by atoms with E-state index in [1.807, 2.05) is 13.0 Å². The molecule has 0 N–H and O–H groups in total. The SMILES string of the molecule is CCOC(=O)c1cc2c(=O)n3cccc(C)c3nc2n(CCCOC)c1=NC(=O)c1cccc(F)c1. The van der Waals surface area contributed by atoms with Gasteiger partial charge in [0.15, 0.2) is 5.49 Å². The highest BCUT2D eigenvalue weighted by atomic mass is 19.1. The number of aryl methyl sites for hydroxylation is 2. The number of benzene rings is 1. The number of pyridine rings is 2. The Balaban J connectivity index is 2.12. The average Bonchev–Trinajstić information content (AvgIpc) is 2.86. The monoisotopic (exact) mass is 492 g/mol. The second-order valence-corrected chi connectivity index (χ2v) is 8.07. The zero-order valence-electron chi connectivity index (χ0n) is 20.2. The normalized spacial score (nSPS) is 11.8. The molecule has 0 bridgehead atoms. The average molecular weight is 493 g/mol. The van der Waals surface area contributed by atoms with E-state index in [0.717, 1.165) is 11.6 Å². The van der Waals surface area contributed by atoms with Crippen LogP contribution in [0, 0.1) is 12.7 Å². The van der Waals surface area contributed by atoms with Gasteiger partial charge in [0.05, 0.1) is 12.0 Å². The molecule has 1 amide bonds. The lowest BCUT2D eigenvalue weighted by molar-refractivity contribution is 0.0523. The third-order valence-corrected chi connectivity index (χ3v) is 5.61. The second kappa shape index (κ2) is 10.6. The van der Waals surface area contributed by atoms with Crippen molar-refractivity contribution in [2.45, 2.75) is 26.8 Å². The molecular formula is C26H25FN4O5. The Kier molecular flexibility index (Phi) is 7.35. The number of fused-ring (bicyclic) bond motifs is 2. The summed E-state index contributed by atoms with van der Waals surface area (Å²) in [6, 6.07) is 10.0. The van der Waals surface area contributed by atoms with Gasteiger partial charge in [0.1, 0.15) is 22.7 Å². The summed E-state index contributed by atoms with van der Waals surface area (Å²) in [7, 11) is 1.55. The highest BCUT2D eigenvalue weighted by molar-refractivity contribution is 5.97. The molecule has 0 radical (unpaired) electrons. The van der Waals surface area contributed by atoms with Crippen LogP contribution in [0.3, 0.4) is 0 Å². The number of hydrogen-bond acceptors (Lipinski definition) is 6. The summed E-state index contributed by atoms with van der Waals surface area (Å²) >= 11 is 0. The Morgan fingerprint density at radius 1 is 1.14 bits per heavy atom. The number of esters is 1. The number of halogens is 1. The van der Waals surface area contributed by atoms with Crippen molar-refractivity contribution in [3.8, 4) is 0 Å². The largest absolute Gasteiger partial charge is 0.462 e. The molecule has 186 valence electrons. The molecule has 3 heterocycles. The molecule has 0 spiro atoms. The molecule has 36 heavy (non-hydrogen) atoms. The number of nitrogens with zero attached hydrogens (tertiary/aromatic N) is 4. The lowest BCUT2D eigenvalue weighted by atomic mass is 10.2. The quantitative estimate of drug-likeness (QED) is 0.223. The number of amides is 1. The van der Waals surface area contributed by atoms with Gasteiger partial charge in [0.25, 0.3) is 11.5 Å². The molecule has 1 aromatic carbocycles. The van der Waals surface area contributed by atoms with Crippen molar-refractivity contribution in [2.75, 3.05) is 20.3 Å². The molecule has 9 nitrogen and oxygen atoms in total. The molecule has 0 saturated carbocycles.